The Balaban J connectivity index is 3.45. The Morgan fingerprint density at radius 1 is 1.21 bits per heavy atom. The minimum absolute atomic E-state index is 0.0772. The van der Waals surface area contributed by atoms with Gasteiger partial charge in [-0.25, -0.2) is 4.79 Å². The number of carbonyl (C=O) groups is 1. The molecule has 0 fully saturated rings. The Bertz CT molecular complexity index is 185. The Hall–Kier alpha value is -0.840. The summed E-state index contributed by atoms with van der Waals surface area (Å²) < 4.78 is 9.80. The lowest BCUT2D eigenvalue weighted by Crippen LogP contribution is -2.31. The highest BCUT2D eigenvalue weighted by Gasteiger charge is 2.04. The average molecular weight is 219 g/mol. The predicted molar refractivity (Wildman–Crippen MR) is 58.2 cm³/mol. The summed E-state index contributed by atoms with van der Waals surface area (Å²) in [4.78, 5) is 11.0. The van der Waals surface area contributed by atoms with E-state index in [9.17, 15) is 4.79 Å². The van der Waals surface area contributed by atoms with Gasteiger partial charge in [0.05, 0.1) is 13.2 Å². The summed E-state index contributed by atoms with van der Waals surface area (Å²) in [6.07, 6.45) is 2.16. The number of unbranched alkanes of at least 4 members (excludes halogenated alkanes) is 1. The number of alkyl carbamates (subject to hydrolysis) is 1. The minimum atomic E-state index is -0.542. The van der Waals surface area contributed by atoms with Crippen molar-refractivity contribution >= 4 is 23.5 Å². The summed E-state index contributed by atoms with van der Waals surface area (Å²) in [5, 5.41) is 2.40. The zero-order chi connectivity index (χ0) is 10.8. The Morgan fingerprint density at radius 3 is 2.50 bits per heavy atom. The lowest BCUT2D eigenvalue weighted by molar-refractivity contribution is 0.147. The van der Waals surface area contributed by atoms with Crippen LogP contribution in [0.2, 0.25) is 0 Å². The van der Waals surface area contributed by atoms with E-state index in [-0.39, 0.29) is 5.17 Å². The van der Waals surface area contributed by atoms with Gasteiger partial charge in [0, 0.05) is 0 Å². The molecule has 0 spiro atoms. The Labute approximate surface area is 90.0 Å². The predicted octanol–water partition coefficient (Wildman–Crippen LogP) is 2.22. The van der Waals surface area contributed by atoms with Crippen molar-refractivity contribution in [2.75, 3.05) is 13.2 Å². The van der Waals surface area contributed by atoms with E-state index >= 15 is 0 Å². The van der Waals surface area contributed by atoms with Crippen LogP contribution in [0, 0.1) is 0 Å². The van der Waals surface area contributed by atoms with Gasteiger partial charge in [0.1, 0.15) is 0 Å². The molecule has 1 amide bonds. The second kappa shape index (κ2) is 8.74. The van der Waals surface area contributed by atoms with Gasteiger partial charge in [-0.3, -0.25) is 5.32 Å². The van der Waals surface area contributed by atoms with Crippen molar-refractivity contribution in [2.45, 2.75) is 33.1 Å². The minimum Gasteiger partial charge on any atom is -0.471 e. The summed E-state index contributed by atoms with van der Waals surface area (Å²) >= 11 is 4.74. The van der Waals surface area contributed by atoms with E-state index in [2.05, 4.69) is 5.32 Å². The van der Waals surface area contributed by atoms with E-state index in [1.807, 2.05) is 13.8 Å². The van der Waals surface area contributed by atoms with Gasteiger partial charge < -0.3 is 9.47 Å². The Kier molecular flexibility index (Phi) is 8.22. The average Bonchev–Trinajstić information content (AvgIpc) is 2.15. The lowest BCUT2D eigenvalue weighted by atomic mass is 10.4. The smallest absolute Gasteiger partial charge is 0.414 e. The third-order valence-corrected chi connectivity index (χ3v) is 1.59. The number of hydrogen-bond donors (Lipinski definition) is 1. The molecule has 0 aliphatic heterocycles. The summed E-state index contributed by atoms with van der Waals surface area (Å²) in [6.45, 7) is 4.91. The molecule has 5 heteroatoms. The van der Waals surface area contributed by atoms with Crippen LogP contribution in [0.3, 0.4) is 0 Å². The van der Waals surface area contributed by atoms with Crippen LogP contribution in [-0.2, 0) is 9.47 Å². The molecule has 0 aromatic carbocycles. The van der Waals surface area contributed by atoms with Crippen molar-refractivity contribution in [1.82, 2.24) is 5.32 Å². The van der Waals surface area contributed by atoms with Crippen LogP contribution in [0.5, 0.6) is 0 Å². The molecule has 0 heterocycles. The molecular weight excluding hydrogens is 202 g/mol. The quantitative estimate of drug-likeness (QED) is 0.569. The number of nitrogens with one attached hydrogen (secondary N) is 1. The van der Waals surface area contributed by atoms with Crippen LogP contribution < -0.4 is 5.32 Å². The van der Waals surface area contributed by atoms with Crippen LogP contribution in [0.15, 0.2) is 0 Å². The molecule has 0 rings (SSSR count). The second-order valence-electron chi connectivity index (χ2n) is 2.75. The first kappa shape index (κ1) is 13.2. The molecule has 0 saturated carbocycles. The third-order valence-electron chi connectivity index (χ3n) is 1.37. The number of ether oxygens (including phenoxy) is 2. The van der Waals surface area contributed by atoms with Crippen LogP contribution in [0.4, 0.5) is 4.79 Å². The van der Waals surface area contributed by atoms with Gasteiger partial charge in [0.2, 0.25) is 0 Å². The summed E-state index contributed by atoms with van der Waals surface area (Å²) in [5.41, 5.74) is 0. The highest BCUT2D eigenvalue weighted by atomic mass is 32.1. The lowest BCUT2D eigenvalue weighted by Gasteiger charge is -2.07. The SMILES string of the molecule is CCCCOC(=O)NC(=S)OCCC. The summed E-state index contributed by atoms with van der Waals surface area (Å²) in [7, 11) is 0. The van der Waals surface area contributed by atoms with E-state index in [0.29, 0.717) is 13.2 Å². The molecule has 0 aliphatic rings. The van der Waals surface area contributed by atoms with E-state index < -0.39 is 6.09 Å². The molecule has 0 aliphatic carbocycles. The maximum atomic E-state index is 11.0. The molecular formula is C9H17NO3S. The first-order valence-corrected chi connectivity index (χ1v) is 5.22. The normalized spacial score (nSPS) is 9.29. The van der Waals surface area contributed by atoms with Crippen molar-refractivity contribution in [3.05, 3.63) is 0 Å². The largest absolute Gasteiger partial charge is 0.471 e. The van der Waals surface area contributed by atoms with Gasteiger partial charge >= 0.3 is 6.09 Å². The standard InChI is InChI=1S/C9H17NO3S/c1-3-5-7-12-8(11)10-9(14)13-6-4-2/h3-7H2,1-2H3,(H,10,11,14). The number of hydrogen-bond acceptors (Lipinski definition) is 4. The van der Waals surface area contributed by atoms with Crippen molar-refractivity contribution in [1.29, 1.82) is 0 Å². The van der Waals surface area contributed by atoms with E-state index in [0.717, 1.165) is 19.3 Å². The van der Waals surface area contributed by atoms with Crippen LogP contribution in [0.25, 0.3) is 0 Å². The van der Waals surface area contributed by atoms with Crippen LogP contribution >= 0.6 is 12.2 Å². The summed E-state index contributed by atoms with van der Waals surface area (Å²) in [6, 6.07) is 0. The number of rotatable bonds is 5. The monoisotopic (exact) mass is 219 g/mol. The molecule has 0 atom stereocenters. The number of thiocarbonyl (C=S) groups is 1. The first-order valence-electron chi connectivity index (χ1n) is 4.81. The van der Waals surface area contributed by atoms with Gasteiger partial charge in [-0.2, -0.15) is 0 Å². The van der Waals surface area contributed by atoms with E-state index in [4.69, 9.17) is 21.7 Å². The van der Waals surface area contributed by atoms with Crippen molar-refractivity contribution in [3.63, 3.8) is 0 Å². The third kappa shape index (κ3) is 7.79. The molecule has 0 aromatic heterocycles. The molecule has 0 radical (unpaired) electrons. The van der Waals surface area contributed by atoms with Crippen LogP contribution in [-0.4, -0.2) is 24.5 Å². The van der Waals surface area contributed by atoms with Gasteiger partial charge in [0.25, 0.3) is 5.17 Å². The topological polar surface area (TPSA) is 47.6 Å². The molecule has 82 valence electrons. The molecule has 0 unspecified atom stereocenters. The van der Waals surface area contributed by atoms with E-state index in [1.54, 1.807) is 0 Å². The van der Waals surface area contributed by atoms with Gasteiger partial charge in [-0.15, -0.1) is 0 Å². The van der Waals surface area contributed by atoms with Gasteiger partial charge in [0.15, 0.2) is 0 Å². The van der Waals surface area contributed by atoms with E-state index in [1.165, 1.54) is 0 Å². The fourth-order valence-electron chi connectivity index (χ4n) is 0.659. The number of amides is 1. The molecule has 4 nitrogen and oxygen atoms in total. The highest BCUT2D eigenvalue weighted by molar-refractivity contribution is 7.80. The highest BCUT2D eigenvalue weighted by Crippen LogP contribution is 1.89. The fraction of sp³-hybridized carbons (Fsp3) is 0.778. The fourth-order valence-corrected chi connectivity index (χ4v) is 0.826. The summed E-state index contributed by atoms with van der Waals surface area (Å²) in [5.74, 6) is 0. The number of carbonyl (C=O) groups excluding carboxylic acids is 1. The van der Waals surface area contributed by atoms with Crippen molar-refractivity contribution < 1.29 is 14.3 Å². The molecule has 1 N–H and O–H groups in total. The molecule has 0 saturated heterocycles. The first-order chi connectivity index (χ1) is 6.70. The van der Waals surface area contributed by atoms with Gasteiger partial charge in [-0.1, -0.05) is 20.3 Å². The maximum absolute atomic E-state index is 11.0. The Morgan fingerprint density at radius 2 is 1.93 bits per heavy atom. The van der Waals surface area contributed by atoms with Crippen LogP contribution in [0.1, 0.15) is 33.1 Å². The molecule has 0 bridgehead atoms. The zero-order valence-corrected chi connectivity index (χ0v) is 9.49. The zero-order valence-electron chi connectivity index (χ0n) is 8.67. The van der Waals surface area contributed by atoms with Crippen molar-refractivity contribution in [3.8, 4) is 0 Å². The van der Waals surface area contributed by atoms with Crippen molar-refractivity contribution in [2.24, 2.45) is 0 Å². The molecule has 0 aromatic rings. The van der Waals surface area contributed by atoms with Gasteiger partial charge in [-0.05, 0) is 25.1 Å². The second-order valence-corrected chi connectivity index (χ2v) is 3.12. The molecule has 14 heavy (non-hydrogen) atoms. The maximum Gasteiger partial charge on any atom is 0.414 e.